The van der Waals surface area contributed by atoms with Crippen LogP contribution in [-0.2, 0) is 6.42 Å². The Morgan fingerprint density at radius 2 is 2.15 bits per heavy atom. The van der Waals surface area contributed by atoms with Crippen molar-refractivity contribution in [1.82, 2.24) is 9.88 Å². The van der Waals surface area contributed by atoms with E-state index in [9.17, 15) is 9.18 Å². The van der Waals surface area contributed by atoms with Gasteiger partial charge in [0.1, 0.15) is 5.82 Å². The van der Waals surface area contributed by atoms with Crippen molar-refractivity contribution in [3.63, 3.8) is 0 Å². The standard InChI is InChI=1S/C15H17FN2OS/c1-10-4-5-13(16)12(8-10)15(19)18(3)7-6-14-17-9-11(2)20-14/h4-5,8-9H,6-7H2,1-3H3. The second-order valence-electron chi connectivity index (χ2n) is 4.82. The average molecular weight is 292 g/mol. The summed E-state index contributed by atoms with van der Waals surface area (Å²) in [5.41, 5.74) is 1.00. The zero-order valence-corrected chi connectivity index (χ0v) is 12.6. The second kappa shape index (κ2) is 6.13. The Morgan fingerprint density at radius 3 is 2.80 bits per heavy atom. The number of thiazole rings is 1. The Hall–Kier alpha value is -1.75. The molecule has 1 heterocycles. The van der Waals surface area contributed by atoms with Gasteiger partial charge in [-0.15, -0.1) is 11.3 Å². The van der Waals surface area contributed by atoms with Crippen LogP contribution in [0.3, 0.4) is 0 Å². The molecule has 5 heteroatoms. The number of halogens is 1. The minimum absolute atomic E-state index is 0.128. The van der Waals surface area contributed by atoms with Gasteiger partial charge in [0, 0.05) is 31.1 Å². The van der Waals surface area contributed by atoms with Gasteiger partial charge in [-0.1, -0.05) is 11.6 Å². The summed E-state index contributed by atoms with van der Waals surface area (Å²) in [4.78, 5) is 19.2. The van der Waals surface area contributed by atoms with Crippen LogP contribution in [0, 0.1) is 19.7 Å². The Labute approximate surface area is 122 Å². The number of nitrogens with zero attached hydrogens (tertiary/aromatic N) is 2. The maximum absolute atomic E-state index is 13.7. The van der Waals surface area contributed by atoms with Crippen molar-refractivity contribution in [3.8, 4) is 0 Å². The fourth-order valence-corrected chi connectivity index (χ4v) is 2.67. The van der Waals surface area contributed by atoms with Crippen LogP contribution in [0.4, 0.5) is 4.39 Å². The molecule has 0 bridgehead atoms. The van der Waals surface area contributed by atoms with Crippen molar-refractivity contribution in [2.24, 2.45) is 0 Å². The number of hydrogen-bond donors (Lipinski definition) is 0. The number of hydrogen-bond acceptors (Lipinski definition) is 3. The summed E-state index contributed by atoms with van der Waals surface area (Å²) >= 11 is 1.62. The van der Waals surface area contributed by atoms with E-state index in [4.69, 9.17) is 0 Å². The lowest BCUT2D eigenvalue weighted by Gasteiger charge is -2.17. The summed E-state index contributed by atoms with van der Waals surface area (Å²) < 4.78 is 13.7. The zero-order chi connectivity index (χ0) is 14.7. The molecule has 0 N–H and O–H groups in total. The van der Waals surface area contributed by atoms with Crippen molar-refractivity contribution < 1.29 is 9.18 Å². The topological polar surface area (TPSA) is 33.2 Å². The summed E-state index contributed by atoms with van der Waals surface area (Å²) in [6.07, 6.45) is 2.51. The maximum Gasteiger partial charge on any atom is 0.256 e. The summed E-state index contributed by atoms with van der Waals surface area (Å²) in [5.74, 6) is -0.767. The van der Waals surface area contributed by atoms with Crippen LogP contribution in [0.2, 0.25) is 0 Å². The molecule has 1 amide bonds. The normalized spacial score (nSPS) is 10.6. The molecule has 1 aromatic heterocycles. The van der Waals surface area contributed by atoms with E-state index >= 15 is 0 Å². The van der Waals surface area contributed by atoms with Crippen molar-refractivity contribution in [1.29, 1.82) is 0 Å². The minimum Gasteiger partial charge on any atom is -0.341 e. The maximum atomic E-state index is 13.7. The average Bonchev–Trinajstić information content (AvgIpc) is 2.83. The number of carbonyl (C=O) groups excluding carboxylic acids is 1. The van der Waals surface area contributed by atoms with Gasteiger partial charge in [-0.2, -0.15) is 0 Å². The van der Waals surface area contributed by atoms with Gasteiger partial charge in [-0.25, -0.2) is 9.37 Å². The van der Waals surface area contributed by atoms with Crippen LogP contribution >= 0.6 is 11.3 Å². The first-order valence-corrected chi connectivity index (χ1v) is 7.22. The first-order chi connectivity index (χ1) is 9.47. The SMILES string of the molecule is Cc1ccc(F)c(C(=O)N(C)CCc2ncc(C)s2)c1. The number of likely N-dealkylation sites (N-methyl/N-ethyl adjacent to an activating group) is 1. The largest absolute Gasteiger partial charge is 0.341 e. The molecule has 106 valence electrons. The number of aryl methyl sites for hydroxylation is 2. The van der Waals surface area contributed by atoms with Crippen molar-refractivity contribution in [2.75, 3.05) is 13.6 Å². The van der Waals surface area contributed by atoms with Gasteiger partial charge in [0.05, 0.1) is 10.6 Å². The van der Waals surface area contributed by atoms with E-state index in [1.165, 1.54) is 11.0 Å². The van der Waals surface area contributed by atoms with Crippen LogP contribution in [-0.4, -0.2) is 29.4 Å². The summed E-state index contributed by atoms with van der Waals surface area (Å²) in [6, 6.07) is 4.58. The number of amides is 1. The van der Waals surface area contributed by atoms with Crippen LogP contribution in [0.25, 0.3) is 0 Å². The lowest BCUT2D eigenvalue weighted by Crippen LogP contribution is -2.29. The highest BCUT2D eigenvalue weighted by Crippen LogP contribution is 2.14. The van der Waals surface area contributed by atoms with E-state index in [-0.39, 0.29) is 11.5 Å². The van der Waals surface area contributed by atoms with Gasteiger partial charge in [0.2, 0.25) is 0 Å². The van der Waals surface area contributed by atoms with Crippen molar-refractivity contribution >= 4 is 17.2 Å². The fourth-order valence-electron chi connectivity index (χ4n) is 1.89. The lowest BCUT2D eigenvalue weighted by molar-refractivity contribution is 0.0792. The van der Waals surface area contributed by atoms with E-state index in [1.807, 2.05) is 20.0 Å². The highest BCUT2D eigenvalue weighted by atomic mass is 32.1. The number of rotatable bonds is 4. The third-order valence-corrected chi connectivity index (χ3v) is 4.00. The third kappa shape index (κ3) is 3.42. The molecule has 0 atom stereocenters. The van der Waals surface area contributed by atoms with E-state index in [0.717, 1.165) is 15.4 Å². The molecule has 1 aromatic carbocycles. The molecule has 0 aliphatic rings. The first kappa shape index (κ1) is 14.7. The highest BCUT2D eigenvalue weighted by molar-refractivity contribution is 7.11. The van der Waals surface area contributed by atoms with Crippen LogP contribution in [0.15, 0.2) is 24.4 Å². The number of benzene rings is 1. The fraction of sp³-hybridized carbons (Fsp3) is 0.333. The van der Waals surface area contributed by atoms with Crippen molar-refractivity contribution in [2.45, 2.75) is 20.3 Å². The molecule has 0 fully saturated rings. The minimum atomic E-state index is -0.474. The molecular formula is C15H17FN2OS. The molecule has 2 rings (SSSR count). The van der Waals surface area contributed by atoms with Gasteiger partial charge in [-0.3, -0.25) is 4.79 Å². The molecule has 20 heavy (non-hydrogen) atoms. The van der Waals surface area contributed by atoms with Crippen LogP contribution in [0.5, 0.6) is 0 Å². The van der Waals surface area contributed by atoms with E-state index in [1.54, 1.807) is 30.5 Å². The third-order valence-electron chi connectivity index (χ3n) is 3.03. The number of aromatic nitrogens is 1. The summed E-state index contributed by atoms with van der Waals surface area (Å²) in [5, 5.41) is 0.992. The summed E-state index contributed by atoms with van der Waals surface area (Å²) in [6.45, 7) is 4.37. The molecule has 0 radical (unpaired) electrons. The molecule has 3 nitrogen and oxygen atoms in total. The van der Waals surface area contributed by atoms with E-state index in [2.05, 4.69) is 4.98 Å². The molecule has 0 spiro atoms. The summed E-state index contributed by atoms with van der Waals surface area (Å²) in [7, 11) is 1.69. The van der Waals surface area contributed by atoms with Crippen LogP contribution < -0.4 is 0 Å². The molecule has 0 aliphatic carbocycles. The molecule has 0 unspecified atom stereocenters. The highest BCUT2D eigenvalue weighted by Gasteiger charge is 2.16. The molecule has 0 saturated carbocycles. The Morgan fingerprint density at radius 1 is 1.40 bits per heavy atom. The van der Waals surface area contributed by atoms with Gasteiger partial charge in [0.15, 0.2) is 0 Å². The predicted octanol–water partition coefficient (Wildman–Crippen LogP) is 3.21. The smallest absolute Gasteiger partial charge is 0.256 e. The quantitative estimate of drug-likeness (QED) is 0.867. The molecule has 0 saturated heterocycles. The van der Waals surface area contributed by atoms with Gasteiger partial charge >= 0.3 is 0 Å². The van der Waals surface area contributed by atoms with Crippen molar-refractivity contribution in [3.05, 3.63) is 51.2 Å². The Bertz CT molecular complexity index is 624. The Kier molecular flexibility index (Phi) is 4.49. The second-order valence-corrected chi connectivity index (χ2v) is 6.14. The first-order valence-electron chi connectivity index (χ1n) is 6.40. The number of carbonyl (C=O) groups is 1. The Balaban J connectivity index is 2.03. The van der Waals surface area contributed by atoms with Gasteiger partial charge in [-0.05, 0) is 26.0 Å². The van der Waals surface area contributed by atoms with Gasteiger partial charge < -0.3 is 4.90 Å². The molecular weight excluding hydrogens is 275 g/mol. The lowest BCUT2D eigenvalue weighted by atomic mass is 10.1. The van der Waals surface area contributed by atoms with E-state index < -0.39 is 5.82 Å². The zero-order valence-electron chi connectivity index (χ0n) is 11.8. The molecule has 2 aromatic rings. The monoisotopic (exact) mass is 292 g/mol. The predicted molar refractivity (Wildman–Crippen MR) is 78.7 cm³/mol. The van der Waals surface area contributed by atoms with E-state index in [0.29, 0.717) is 13.0 Å². The molecule has 0 aliphatic heterocycles. The van der Waals surface area contributed by atoms with Gasteiger partial charge in [0.25, 0.3) is 5.91 Å². The van der Waals surface area contributed by atoms with Crippen LogP contribution in [0.1, 0.15) is 25.8 Å².